The third-order valence-corrected chi connectivity index (χ3v) is 5.73. The predicted octanol–water partition coefficient (Wildman–Crippen LogP) is 5.17. The topological polar surface area (TPSA) is 204 Å². The Morgan fingerprint density at radius 2 is 1.27 bits per heavy atom. The number of carbonyl (C=O) groups excluding carboxylic acids is 4. The highest BCUT2D eigenvalue weighted by atomic mass is 16.6. The zero-order valence-electron chi connectivity index (χ0n) is 30.1. The van der Waals surface area contributed by atoms with Crippen molar-refractivity contribution < 1.29 is 38.9 Å². The van der Waals surface area contributed by atoms with Gasteiger partial charge < -0.3 is 41.3 Å². The number of aldehydes is 1. The number of nitrogens with one attached hydrogen (secondary N) is 2. The molecule has 0 radical (unpaired) electrons. The van der Waals surface area contributed by atoms with Gasteiger partial charge in [-0.05, 0) is 87.5 Å². The van der Waals surface area contributed by atoms with Crippen LogP contribution in [0.4, 0.5) is 4.79 Å². The molecule has 12 heteroatoms. The van der Waals surface area contributed by atoms with E-state index in [-0.39, 0.29) is 37.1 Å². The number of esters is 2. The molecule has 0 fully saturated rings. The fourth-order valence-corrected chi connectivity index (χ4v) is 3.46. The third kappa shape index (κ3) is 30.2. The molecule has 0 spiro atoms. The third-order valence-electron chi connectivity index (χ3n) is 5.73. The van der Waals surface area contributed by atoms with Crippen molar-refractivity contribution in [3.05, 3.63) is 0 Å². The van der Waals surface area contributed by atoms with Gasteiger partial charge in [-0.3, -0.25) is 10.1 Å². The molecule has 272 valence electrons. The van der Waals surface area contributed by atoms with Crippen LogP contribution < -0.4 is 22.1 Å². The van der Waals surface area contributed by atoms with Crippen molar-refractivity contribution >= 4 is 24.3 Å². The molecule has 0 aromatic carbocycles. The van der Waals surface area contributed by atoms with Gasteiger partial charge in [0.1, 0.15) is 23.0 Å². The molecule has 0 aliphatic rings. The molecule has 0 heterocycles. The van der Waals surface area contributed by atoms with E-state index < -0.39 is 28.7 Å². The molecule has 0 saturated carbocycles. The summed E-state index contributed by atoms with van der Waals surface area (Å²) in [5.41, 5.74) is 8.56. The van der Waals surface area contributed by atoms with Crippen LogP contribution in [0.1, 0.15) is 142 Å². The van der Waals surface area contributed by atoms with Crippen molar-refractivity contribution in [3.8, 4) is 0 Å². The first kappa shape index (κ1) is 52.3. The summed E-state index contributed by atoms with van der Waals surface area (Å²) >= 11 is 0. The molecular weight excluding hydrogens is 580 g/mol. The molecule has 0 aliphatic carbocycles. The van der Waals surface area contributed by atoms with Crippen LogP contribution in [0.15, 0.2) is 0 Å². The molecular formula is C33H72N4O8. The van der Waals surface area contributed by atoms with Crippen molar-refractivity contribution in [1.29, 1.82) is 0 Å². The number of ether oxygens (including phenoxy) is 3. The molecule has 1 amide bonds. The summed E-state index contributed by atoms with van der Waals surface area (Å²) in [7, 11) is 0. The van der Waals surface area contributed by atoms with Crippen LogP contribution in [0.5, 0.6) is 0 Å². The fraction of sp³-hybridized carbons (Fsp3) is 0.879. The Morgan fingerprint density at radius 3 is 1.62 bits per heavy atom. The lowest BCUT2D eigenvalue weighted by atomic mass is 9.95. The zero-order valence-corrected chi connectivity index (χ0v) is 30.1. The SMILES string of the molecule is C.CC(C)C[C@@H](C=O)NCN.CCCC[C@@](C)(N)C(=O)OC(C)C.CCCC[C@@](C)(NC(=O)OC(C)(C)C)C(=O)OC(C)C.O. The molecule has 0 rings (SSSR count). The van der Waals surface area contributed by atoms with Crippen LogP contribution in [0, 0.1) is 5.92 Å². The van der Waals surface area contributed by atoms with Crippen molar-refractivity contribution in [2.45, 2.75) is 177 Å². The normalized spacial score (nSPS) is 14.0. The first-order valence-electron chi connectivity index (χ1n) is 15.7. The minimum Gasteiger partial charge on any atom is -0.462 e. The second-order valence-electron chi connectivity index (χ2n) is 13.3. The van der Waals surface area contributed by atoms with Gasteiger partial charge in [0.25, 0.3) is 0 Å². The van der Waals surface area contributed by atoms with Gasteiger partial charge in [-0.2, -0.15) is 0 Å². The standard InChI is InChI=1S/C15H29NO4.C10H21NO2.C7H16N2O.CH4.H2O/c1-8-9-10-15(7,12(17)19-11(2)3)16-13(18)20-14(4,5)6;1-5-6-7-10(4,11)9(12)13-8(2)3;1-6(2)3-7(4-10)9-5-8;;/h11H,8-10H2,1-7H3,(H,16,18);8H,5-7,11H2,1-4H3;4,6-7,9H,3,5,8H2,1-2H3;1H4;1H2/t15-;10-;7-;;/m110../s1. The van der Waals surface area contributed by atoms with E-state index in [1.165, 1.54) is 0 Å². The molecule has 0 unspecified atom stereocenters. The molecule has 0 saturated heterocycles. The number of rotatable bonds is 16. The summed E-state index contributed by atoms with van der Waals surface area (Å²) in [6, 6.07) is -0.0648. The van der Waals surface area contributed by atoms with Crippen molar-refractivity contribution in [2.24, 2.45) is 17.4 Å². The highest BCUT2D eigenvalue weighted by molar-refractivity contribution is 5.85. The number of alkyl carbamates (subject to hydrolysis) is 1. The van der Waals surface area contributed by atoms with Gasteiger partial charge in [-0.1, -0.05) is 60.8 Å². The van der Waals surface area contributed by atoms with Gasteiger partial charge in [0.15, 0.2) is 0 Å². The van der Waals surface area contributed by atoms with Gasteiger partial charge in [-0.25, -0.2) is 9.59 Å². The highest BCUT2D eigenvalue weighted by Gasteiger charge is 2.38. The number of hydrogen-bond acceptors (Lipinski definition) is 10. The van der Waals surface area contributed by atoms with Crippen LogP contribution in [-0.2, 0) is 28.6 Å². The van der Waals surface area contributed by atoms with Crippen LogP contribution >= 0.6 is 0 Å². The molecule has 0 aliphatic heterocycles. The maximum atomic E-state index is 12.2. The van der Waals surface area contributed by atoms with E-state index in [9.17, 15) is 19.2 Å². The summed E-state index contributed by atoms with van der Waals surface area (Å²) in [6.45, 7) is 24.6. The summed E-state index contributed by atoms with van der Waals surface area (Å²) in [6.07, 6.45) is 5.83. The van der Waals surface area contributed by atoms with E-state index in [4.69, 9.17) is 25.7 Å². The Hall–Kier alpha value is -2.28. The van der Waals surface area contributed by atoms with Gasteiger partial charge in [-0.15, -0.1) is 0 Å². The minimum atomic E-state index is -1.05. The van der Waals surface area contributed by atoms with E-state index in [1.54, 1.807) is 48.5 Å². The van der Waals surface area contributed by atoms with Crippen LogP contribution in [0.2, 0.25) is 0 Å². The number of hydrogen-bond donors (Lipinski definition) is 4. The maximum Gasteiger partial charge on any atom is 0.408 e. The molecule has 0 aromatic heterocycles. The minimum absolute atomic E-state index is 0. The summed E-state index contributed by atoms with van der Waals surface area (Å²) in [5, 5.41) is 5.53. The average Bonchev–Trinajstić information content (AvgIpc) is 2.84. The number of unbranched alkanes of at least 4 members (excludes halogenated alkanes) is 2. The van der Waals surface area contributed by atoms with E-state index in [0.717, 1.165) is 38.4 Å². The largest absolute Gasteiger partial charge is 0.462 e. The molecule has 3 atom stereocenters. The average molecular weight is 653 g/mol. The zero-order chi connectivity index (χ0) is 34.4. The predicted molar refractivity (Wildman–Crippen MR) is 184 cm³/mol. The first-order chi connectivity index (χ1) is 19.6. The van der Waals surface area contributed by atoms with Crippen LogP contribution in [0.3, 0.4) is 0 Å². The highest BCUT2D eigenvalue weighted by Crippen LogP contribution is 2.19. The number of carbonyl (C=O) groups is 4. The quantitative estimate of drug-likeness (QED) is 0.0745. The Balaban J connectivity index is -0.000000186. The molecule has 12 nitrogen and oxygen atoms in total. The Labute approximate surface area is 275 Å². The van der Waals surface area contributed by atoms with Gasteiger partial charge in [0, 0.05) is 6.67 Å². The Bertz CT molecular complexity index is 783. The van der Waals surface area contributed by atoms with Gasteiger partial charge in [0.05, 0.1) is 18.2 Å². The lowest BCUT2D eigenvalue weighted by Gasteiger charge is -2.30. The molecule has 0 bridgehead atoms. The van der Waals surface area contributed by atoms with E-state index >= 15 is 0 Å². The smallest absolute Gasteiger partial charge is 0.408 e. The number of nitrogens with two attached hydrogens (primary N) is 2. The van der Waals surface area contributed by atoms with Crippen LogP contribution in [-0.4, -0.2) is 71.4 Å². The van der Waals surface area contributed by atoms with Gasteiger partial charge >= 0.3 is 18.0 Å². The van der Waals surface area contributed by atoms with Crippen molar-refractivity contribution in [3.63, 3.8) is 0 Å². The van der Waals surface area contributed by atoms with Crippen molar-refractivity contribution in [1.82, 2.24) is 10.6 Å². The Kier molecular flexibility index (Phi) is 31.2. The summed E-state index contributed by atoms with van der Waals surface area (Å²) in [5.74, 6) is -0.183. The first-order valence-corrected chi connectivity index (χ1v) is 15.7. The van der Waals surface area contributed by atoms with E-state index in [2.05, 4.69) is 31.4 Å². The maximum absolute atomic E-state index is 12.2. The number of amides is 1. The Morgan fingerprint density at radius 1 is 0.822 bits per heavy atom. The molecule has 45 heavy (non-hydrogen) atoms. The summed E-state index contributed by atoms with van der Waals surface area (Å²) < 4.78 is 15.5. The van der Waals surface area contributed by atoms with E-state index in [1.807, 2.05) is 20.8 Å². The summed E-state index contributed by atoms with van der Waals surface area (Å²) in [4.78, 5) is 45.8. The van der Waals surface area contributed by atoms with Gasteiger partial charge in [0.2, 0.25) is 0 Å². The second-order valence-corrected chi connectivity index (χ2v) is 13.3. The fourth-order valence-electron chi connectivity index (χ4n) is 3.46. The monoisotopic (exact) mass is 653 g/mol. The van der Waals surface area contributed by atoms with Crippen LogP contribution in [0.25, 0.3) is 0 Å². The van der Waals surface area contributed by atoms with Crippen molar-refractivity contribution in [2.75, 3.05) is 6.67 Å². The van der Waals surface area contributed by atoms with E-state index in [0.29, 0.717) is 25.4 Å². The lowest BCUT2D eigenvalue weighted by molar-refractivity contribution is -0.155. The molecule has 0 aromatic rings. The molecule has 8 N–H and O–H groups in total. The second kappa shape index (κ2) is 26.9. The lowest BCUT2D eigenvalue weighted by Crippen LogP contribution is -2.54.